The summed E-state index contributed by atoms with van der Waals surface area (Å²) in [5.74, 6) is 0. The maximum atomic E-state index is 2.46. The minimum absolute atomic E-state index is 0.562. The van der Waals surface area contributed by atoms with E-state index in [0.29, 0.717) is 0 Å². The van der Waals surface area contributed by atoms with Crippen molar-refractivity contribution < 1.29 is 0 Å². The molecule has 0 N–H and O–H groups in total. The van der Waals surface area contributed by atoms with Crippen LogP contribution in [0, 0.1) is 6.92 Å². The molecule has 2 nitrogen and oxygen atoms in total. The Balaban J connectivity index is 1.33. The second-order valence-corrected chi connectivity index (χ2v) is 13.7. The molecule has 2 aliphatic rings. The van der Waals surface area contributed by atoms with Crippen LogP contribution in [0.1, 0.15) is 40.7 Å². The molecule has 0 fully saturated rings. The van der Waals surface area contributed by atoms with E-state index in [2.05, 4.69) is 217 Å². The van der Waals surface area contributed by atoms with E-state index in [1.807, 2.05) is 0 Å². The summed E-state index contributed by atoms with van der Waals surface area (Å²) in [6.07, 6.45) is 9.04. The molecule has 0 spiro atoms. The van der Waals surface area contributed by atoms with E-state index in [1.165, 1.54) is 44.6 Å². The van der Waals surface area contributed by atoms with Gasteiger partial charge in [0.15, 0.2) is 0 Å². The molecular formula is C50H40N2. The molecule has 250 valence electrons. The van der Waals surface area contributed by atoms with Gasteiger partial charge in [0.2, 0.25) is 0 Å². The summed E-state index contributed by atoms with van der Waals surface area (Å²) in [5, 5.41) is 0. The number of hydrogen-bond acceptors (Lipinski definition) is 2. The summed E-state index contributed by atoms with van der Waals surface area (Å²) in [7, 11) is 0. The summed E-state index contributed by atoms with van der Waals surface area (Å²) in [6.45, 7) is 2.16. The van der Waals surface area contributed by atoms with E-state index in [0.717, 1.165) is 41.3 Å². The monoisotopic (exact) mass is 668 g/mol. The first-order valence-corrected chi connectivity index (χ1v) is 18.3. The van der Waals surface area contributed by atoms with Crippen LogP contribution in [0.5, 0.6) is 0 Å². The van der Waals surface area contributed by atoms with E-state index >= 15 is 0 Å². The summed E-state index contributed by atoms with van der Waals surface area (Å²) in [4.78, 5) is 4.81. The number of fused-ring (bicyclic) bond motifs is 3. The van der Waals surface area contributed by atoms with Gasteiger partial charge in [-0.3, -0.25) is 0 Å². The zero-order valence-electron chi connectivity index (χ0n) is 29.4. The Morgan fingerprint density at radius 2 is 0.904 bits per heavy atom. The molecule has 2 heteroatoms. The molecule has 0 saturated heterocycles. The molecule has 0 aromatic heterocycles. The average Bonchev–Trinajstić information content (AvgIpc) is 3.50. The third-order valence-electron chi connectivity index (χ3n) is 10.6. The lowest BCUT2D eigenvalue weighted by atomic mass is 9.67. The smallest absolute Gasteiger partial charge is 0.0715 e. The topological polar surface area (TPSA) is 6.48 Å². The fourth-order valence-corrected chi connectivity index (χ4v) is 8.32. The highest BCUT2D eigenvalue weighted by molar-refractivity contribution is 5.91. The van der Waals surface area contributed by atoms with Crippen LogP contribution in [0.15, 0.2) is 206 Å². The highest BCUT2D eigenvalue weighted by Crippen LogP contribution is 2.58. The van der Waals surface area contributed by atoms with E-state index in [4.69, 9.17) is 0 Å². The number of hydrogen-bond donors (Lipinski definition) is 0. The molecule has 0 radical (unpaired) electrons. The standard InChI is InChI=1S/C50H40N2/c1-37-18-17-29-43(34-37)52(42-27-15-6-16-28-42)45-31-33-47-46-32-30-44(51(40-23-11-4-12-24-40)41-25-13-5-14-26-41)35-48(46)50(49(47)36-45,38-19-7-2-8-20-38)39-21-9-3-10-22-39/h2-4,6-13,15-36H,5,14H2,1H3. The molecule has 0 saturated carbocycles. The fraction of sp³-hybridized carbons (Fsp3) is 0.0800. The van der Waals surface area contributed by atoms with Gasteiger partial charge in [-0.25, -0.2) is 0 Å². The summed E-state index contributed by atoms with van der Waals surface area (Å²) in [5.41, 5.74) is 15.2. The van der Waals surface area contributed by atoms with Gasteiger partial charge < -0.3 is 9.80 Å². The summed E-state index contributed by atoms with van der Waals surface area (Å²) in [6, 6.07) is 66.7. The van der Waals surface area contributed by atoms with E-state index in [1.54, 1.807) is 0 Å². The molecule has 7 aromatic rings. The lowest BCUT2D eigenvalue weighted by Gasteiger charge is -2.36. The largest absolute Gasteiger partial charge is 0.311 e. The van der Waals surface area contributed by atoms with Gasteiger partial charge in [0.05, 0.1) is 5.41 Å². The van der Waals surface area contributed by atoms with Crippen molar-refractivity contribution in [1.82, 2.24) is 0 Å². The van der Waals surface area contributed by atoms with Crippen molar-refractivity contribution in [1.29, 1.82) is 0 Å². The van der Waals surface area contributed by atoms with Gasteiger partial charge in [-0.2, -0.15) is 0 Å². The quantitative estimate of drug-likeness (QED) is 0.159. The van der Waals surface area contributed by atoms with Crippen molar-refractivity contribution in [2.24, 2.45) is 0 Å². The van der Waals surface area contributed by atoms with Gasteiger partial charge in [0, 0.05) is 34.1 Å². The minimum atomic E-state index is -0.562. The first-order valence-electron chi connectivity index (χ1n) is 18.3. The molecule has 0 atom stereocenters. The Kier molecular flexibility index (Phi) is 8.14. The summed E-state index contributed by atoms with van der Waals surface area (Å²) >= 11 is 0. The first kappa shape index (κ1) is 31.6. The normalized spacial score (nSPS) is 13.9. The highest BCUT2D eigenvalue weighted by atomic mass is 15.2. The van der Waals surface area contributed by atoms with Crippen molar-refractivity contribution in [2.45, 2.75) is 25.2 Å². The van der Waals surface area contributed by atoms with Crippen LogP contribution < -0.4 is 9.80 Å². The Morgan fingerprint density at radius 3 is 1.42 bits per heavy atom. The zero-order chi connectivity index (χ0) is 34.9. The van der Waals surface area contributed by atoms with Crippen LogP contribution >= 0.6 is 0 Å². The van der Waals surface area contributed by atoms with Crippen molar-refractivity contribution in [3.63, 3.8) is 0 Å². The van der Waals surface area contributed by atoms with Gasteiger partial charge in [-0.1, -0.05) is 133 Å². The third kappa shape index (κ3) is 5.36. The molecule has 0 heterocycles. The number of para-hydroxylation sites is 2. The van der Waals surface area contributed by atoms with Gasteiger partial charge in [-0.05, 0) is 125 Å². The van der Waals surface area contributed by atoms with Crippen molar-refractivity contribution in [3.05, 3.63) is 234 Å². The number of anilines is 5. The Labute approximate surface area is 307 Å². The van der Waals surface area contributed by atoms with Crippen molar-refractivity contribution >= 4 is 28.4 Å². The van der Waals surface area contributed by atoms with Gasteiger partial charge >= 0.3 is 0 Å². The lowest BCUT2D eigenvalue weighted by molar-refractivity contribution is 0.768. The second-order valence-electron chi connectivity index (χ2n) is 13.7. The molecule has 0 bridgehead atoms. The third-order valence-corrected chi connectivity index (χ3v) is 10.6. The minimum Gasteiger partial charge on any atom is -0.311 e. The average molecular weight is 669 g/mol. The van der Waals surface area contributed by atoms with E-state index < -0.39 is 5.41 Å². The maximum absolute atomic E-state index is 2.46. The van der Waals surface area contributed by atoms with Crippen LogP contribution in [0.2, 0.25) is 0 Å². The number of aryl methyl sites for hydroxylation is 1. The van der Waals surface area contributed by atoms with Gasteiger partial charge in [0.1, 0.15) is 0 Å². The fourth-order valence-electron chi connectivity index (χ4n) is 8.32. The molecule has 0 unspecified atom stereocenters. The zero-order valence-corrected chi connectivity index (χ0v) is 29.4. The lowest BCUT2D eigenvalue weighted by Crippen LogP contribution is -2.29. The SMILES string of the molecule is Cc1cccc(N(c2ccccc2)c2ccc3c(c2)C(c2ccccc2)(c2ccccc2)c2cc(N(C4=CCCC=C4)c4ccccc4)ccc2-3)c1. The predicted octanol–water partition coefficient (Wildman–Crippen LogP) is 13.2. The second kappa shape index (κ2) is 13.4. The molecule has 0 aliphatic heterocycles. The van der Waals surface area contributed by atoms with E-state index in [9.17, 15) is 0 Å². The molecule has 0 amide bonds. The Morgan fingerprint density at radius 1 is 0.423 bits per heavy atom. The van der Waals surface area contributed by atoms with Crippen LogP contribution in [-0.2, 0) is 5.41 Å². The number of benzene rings is 7. The molecule has 7 aromatic carbocycles. The number of nitrogens with zero attached hydrogens (tertiary/aromatic N) is 2. The summed E-state index contributed by atoms with van der Waals surface area (Å²) < 4.78 is 0. The molecule has 52 heavy (non-hydrogen) atoms. The predicted molar refractivity (Wildman–Crippen MR) is 218 cm³/mol. The van der Waals surface area contributed by atoms with Crippen LogP contribution in [0.25, 0.3) is 11.1 Å². The molecule has 9 rings (SSSR count). The molecule has 2 aliphatic carbocycles. The van der Waals surface area contributed by atoms with Gasteiger partial charge in [-0.15, -0.1) is 0 Å². The Hall–Kier alpha value is -6.38. The first-order chi connectivity index (χ1) is 25.7. The van der Waals surface area contributed by atoms with Crippen LogP contribution in [0.4, 0.5) is 28.4 Å². The number of allylic oxidation sites excluding steroid dienone is 3. The van der Waals surface area contributed by atoms with Crippen molar-refractivity contribution in [3.8, 4) is 11.1 Å². The highest BCUT2D eigenvalue weighted by Gasteiger charge is 2.47. The van der Waals surface area contributed by atoms with Crippen LogP contribution in [-0.4, -0.2) is 0 Å². The van der Waals surface area contributed by atoms with Gasteiger partial charge in [0.25, 0.3) is 0 Å². The Bertz CT molecular complexity index is 2370. The van der Waals surface area contributed by atoms with Crippen molar-refractivity contribution in [2.75, 3.05) is 9.80 Å². The molecular weight excluding hydrogens is 629 g/mol. The number of rotatable bonds is 8. The van der Waals surface area contributed by atoms with E-state index in [-0.39, 0.29) is 0 Å². The maximum Gasteiger partial charge on any atom is 0.0715 e. The van der Waals surface area contributed by atoms with Crippen LogP contribution in [0.3, 0.4) is 0 Å².